The second kappa shape index (κ2) is 9.24. The first-order valence-electron chi connectivity index (χ1n) is 10.4. The molecule has 0 aliphatic carbocycles. The maximum atomic E-state index is 13.3. The Morgan fingerprint density at radius 1 is 1.03 bits per heavy atom. The van der Waals surface area contributed by atoms with Gasteiger partial charge in [-0.3, -0.25) is 14.6 Å². The number of piperazine rings is 1. The number of hydrogen-bond acceptors (Lipinski definition) is 5. The smallest absolute Gasteiger partial charge is 0.246 e. The minimum Gasteiger partial charge on any atom is -0.361 e. The van der Waals surface area contributed by atoms with Crippen molar-refractivity contribution in [3.8, 4) is 0 Å². The molecule has 1 atom stereocenters. The van der Waals surface area contributed by atoms with Gasteiger partial charge < -0.3 is 9.84 Å². The number of nitrogens with zero attached hydrogens (tertiary/aromatic N) is 3. The van der Waals surface area contributed by atoms with E-state index in [-0.39, 0.29) is 11.9 Å². The standard InChI is InChI=1S/C24H28N4O2/c1-18-8-10-21(11-9-18)25-24(29)23(20-6-4-3-5-7-20)28-14-12-27(13-15-28)17-22-16-19(2)30-26-22/h3-11,16,23H,12-15,17H2,1-2H3,(H,25,29)/t23-/m1/s1. The summed E-state index contributed by atoms with van der Waals surface area (Å²) in [7, 11) is 0. The second-order valence-corrected chi connectivity index (χ2v) is 7.91. The van der Waals surface area contributed by atoms with Crippen LogP contribution in [0.5, 0.6) is 0 Å². The zero-order valence-electron chi connectivity index (χ0n) is 17.5. The van der Waals surface area contributed by atoms with Crippen LogP contribution in [0.25, 0.3) is 0 Å². The third-order valence-electron chi connectivity index (χ3n) is 5.52. The molecule has 0 unspecified atom stereocenters. The van der Waals surface area contributed by atoms with Crippen molar-refractivity contribution in [3.05, 3.63) is 83.2 Å². The summed E-state index contributed by atoms with van der Waals surface area (Å²) in [5, 5.41) is 7.20. The fraction of sp³-hybridized carbons (Fsp3) is 0.333. The monoisotopic (exact) mass is 404 g/mol. The summed E-state index contributed by atoms with van der Waals surface area (Å²) in [5.74, 6) is 0.839. The third-order valence-corrected chi connectivity index (χ3v) is 5.52. The van der Waals surface area contributed by atoms with Gasteiger partial charge >= 0.3 is 0 Å². The van der Waals surface area contributed by atoms with Crippen LogP contribution in [0.3, 0.4) is 0 Å². The molecule has 2 aromatic carbocycles. The Morgan fingerprint density at radius 2 is 1.73 bits per heavy atom. The number of rotatable bonds is 6. The maximum Gasteiger partial charge on any atom is 0.246 e. The molecule has 1 amide bonds. The summed E-state index contributed by atoms with van der Waals surface area (Å²) in [6, 6.07) is 19.6. The van der Waals surface area contributed by atoms with Crippen molar-refractivity contribution in [3.63, 3.8) is 0 Å². The normalized spacial score (nSPS) is 16.3. The van der Waals surface area contributed by atoms with Gasteiger partial charge in [-0.25, -0.2) is 0 Å². The van der Waals surface area contributed by atoms with Crippen LogP contribution < -0.4 is 5.32 Å². The van der Waals surface area contributed by atoms with Crippen molar-refractivity contribution in [1.29, 1.82) is 0 Å². The van der Waals surface area contributed by atoms with Gasteiger partial charge in [0.15, 0.2) is 0 Å². The molecule has 30 heavy (non-hydrogen) atoms. The largest absolute Gasteiger partial charge is 0.361 e. The van der Waals surface area contributed by atoms with Crippen molar-refractivity contribution >= 4 is 11.6 Å². The number of carbonyl (C=O) groups is 1. The number of anilines is 1. The van der Waals surface area contributed by atoms with Crippen LogP contribution in [0.15, 0.2) is 65.2 Å². The number of benzene rings is 2. The summed E-state index contributed by atoms with van der Waals surface area (Å²) in [6.45, 7) is 8.12. The summed E-state index contributed by atoms with van der Waals surface area (Å²) in [4.78, 5) is 17.9. The highest BCUT2D eigenvalue weighted by Gasteiger charge is 2.30. The van der Waals surface area contributed by atoms with Crippen LogP contribution in [-0.4, -0.2) is 47.0 Å². The average molecular weight is 405 g/mol. The van der Waals surface area contributed by atoms with Gasteiger partial charge in [-0.15, -0.1) is 0 Å². The first kappa shape index (κ1) is 20.3. The molecule has 6 nitrogen and oxygen atoms in total. The first-order chi connectivity index (χ1) is 14.6. The molecule has 0 bridgehead atoms. The predicted octanol–water partition coefficient (Wildman–Crippen LogP) is 3.79. The van der Waals surface area contributed by atoms with Gasteiger partial charge in [0.05, 0.1) is 5.69 Å². The lowest BCUT2D eigenvalue weighted by molar-refractivity contribution is -0.122. The topological polar surface area (TPSA) is 61.6 Å². The Hall–Kier alpha value is -2.96. The van der Waals surface area contributed by atoms with Gasteiger partial charge in [-0.2, -0.15) is 0 Å². The molecule has 4 rings (SSSR count). The summed E-state index contributed by atoms with van der Waals surface area (Å²) in [6.07, 6.45) is 0. The maximum absolute atomic E-state index is 13.3. The van der Waals surface area contributed by atoms with E-state index in [4.69, 9.17) is 4.52 Å². The van der Waals surface area contributed by atoms with Gasteiger partial charge in [0.25, 0.3) is 0 Å². The summed E-state index contributed by atoms with van der Waals surface area (Å²) < 4.78 is 5.18. The van der Waals surface area contributed by atoms with E-state index in [1.54, 1.807) is 0 Å². The van der Waals surface area contributed by atoms with Crippen molar-refractivity contribution in [2.75, 3.05) is 31.5 Å². The third kappa shape index (κ3) is 4.96. The van der Waals surface area contributed by atoms with Crippen LogP contribution >= 0.6 is 0 Å². The van der Waals surface area contributed by atoms with E-state index >= 15 is 0 Å². The molecule has 1 fully saturated rings. The molecule has 3 aromatic rings. The van der Waals surface area contributed by atoms with Crippen LogP contribution in [0.1, 0.15) is 28.6 Å². The van der Waals surface area contributed by atoms with Gasteiger partial charge in [0.2, 0.25) is 5.91 Å². The molecule has 1 aromatic heterocycles. The zero-order valence-corrected chi connectivity index (χ0v) is 17.5. The molecule has 1 saturated heterocycles. The molecule has 0 radical (unpaired) electrons. The van der Waals surface area contributed by atoms with Gasteiger partial charge in [0, 0.05) is 44.5 Å². The molecular weight excluding hydrogens is 376 g/mol. The molecule has 0 spiro atoms. The molecule has 1 aliphatic rings. The second-order valence-electron chi connectivity index (χ2n) is 7.91. The molecule has 6 heteroatoms. The van der Waals surface area contributed by atoms with E-state index in [1.165, 1.54) is 5.56 Å². The van der Waals surface area contributed by atoms with Crippen LogP contribution in [0.4, 0.5) is 5.69 Å². The van der Waals surface area contributed by atoms with Gasteiger partial charge in [-0.1, -0.05) is 53.2 Å². The number of hydrogen-bond donors (Lipinski definition) is 1. The van der Waals surface area contributed by atoms with Crippen molar-refractivity contribution in [1.82, 2.24) is 15.0 Å². The molecule has 1 N–H and O–H groups in total. The van der Waals surface area contributed by atoms with E-state index in [9.17, 15) is 4.79 Å². The van der Waals surface area contributed by atoms with E-state index in [2.05, 4.69) is 20.3 Å². The number of amides is 1. The zero-order chi connectivity index (χ0) is 20.9. The number of aryl methyl sites for hydroxylation is 2. The van der Waals surface area contributed by atoms with E-state index < -0.39 is 0 Å². The molecule has 2 heterocycles. The van der Waals surface area contributed by atoms with Crippen molar-refractivity contribution in [2.24, 2.45) is 0 Å². The van der Waals surface area contributed by atoms with Gasteiger partial charge in [0.1, 0.15) is 11.8 Å². The average Bonchev–Trinajstić information content (AvgIpc) is 3.16. The molecular formula is C24H28N4O2. The highest BCUT2D eigenvalue weighted by atomic mass is 16.5. The lowest BCUT2D eigenvalue weighted by Gasteiger charge is -2.38. The molecule has 1 aliphatic heterocycles. The number of carbonyl (C=O) groups excluding carboxylic acids is 1. The lowest BCUT2D eigenvalue weighted by atomic mass is 10.0. The highest BCUT2D eigenvalue weighted by Crippen LogP contribution is 2.25. The van der Waals surface area contributed by atoms with E-state index in [0.717, 1.165) is 55.4 Å². The summed E-state index contributed by atoms with van der Waals surface area (Å²) >= 11 is 0. The Morgan fingerprint density at radius 3 is 2.37 bits per heavy atom. The quantitative estimate of drug-likeness (QED) is 0.677. The predicted molar refractivity (Wildman–Crippen MR) is 117 cm³/mol. The van der Waals surface area contributed by atoms with Crippen molar-refractivity contribution in [2.45, 2.75) is 26.4 Å². The van der Waals surface area contributed by atoms with E-state index in [0.29, 0.717) is 0 Å². The van der Waals surface area contributed by atoms with Crippen molar-refractivity contribution < 1.29 is 9.32 Å². The molecule has 0 saturated carbocycles. The van der Waals surface area contributed by atoms with Crippen LogP contribution in [0.2, 0.25) is 0 Å². The first-order valence-corrected chi connectivity index (χ1v) is 10.4. The number of aromatic nitrogens is 1. The highest BCUT2D eigenvalue weighted by molar-refractivity contribution is 5.95. The molecule has 156 valence electrons. The van der Waals surface area contributed by atoms with Crippen LogP contribution in [-0.2, 0) is 11.3 Å². The van der Waals surface area contributed by atoms with E-state index in [1.807, 2.05) is 74.5 Å². The Labute approximate surface area is 177 Å². The van der Waals surface area contributed by atoms with Gasteiger partial charge in [-0.05, 0) is 31.5 Å². The fourth-order valence-electron chi connectivity index (χ4n) is 3.91. The van der Waals surface area contributed by atoms with Crippen LogP contribution in [0, 0.1) is 13.8 Å². The Balaban J connectivity index is 1.45. The Kier molecular flexibility index (Phi) is 6.26. The fourth-order valence-corrected chi connectivity index (χ4v) is 3.91. The summed E-state index contributed by atoms with van der Waals surface area (Å²) in [5.41, 5.74) is 3.97. The number of nitrogens with one attached hydrogen (secondary N) is 1. The Bertz CT molecular complexity index is 960. The lowest BCUT2D eigenvalue weighted by Crippen LogP contribution is -2.49. The minimum atomic E-state index is -0.316. The minimum absolute atomic E-state index is 0.00521. The SMILES string of the molecule is Cc1ccc(NC(=O)[C@@H](c2ccccc2)N2CCN(Cc3cc(C)on3)CC2)cc1.